The Morgan fingerprint density at radius 2 is 1.35 bits per heavy atom. The molecule has 1 aliphatic rings. The number of nitrogens with zero attached hydrogens (tertiary/aromatic N) is 2. The van der Waals surface area contributed by atoms with Gasteiger partial charge in [-0.3, -0.25) is 23.2 Å². The first kappa shape index (κ1) is 63.0. The predicted octanol–water partition coefficient (Wildman–Crippen LogP) is 8.86. The van der Waals surface area contributed by atoms with E-state index in [9.17, 15) is 48.6 Å². The number of carbonyl (C=O) groups is 2. The fraction of sp³-hybridized carbons (Fsp3) is 0.600. The van der Waals surface area contributed by atoms with E-state index < -0.39 is 89.8 Å². The lowest BCUT2D eigenvalue weighted by atomic mass is 10.1. The number of nitrogen functional groups attached to an aromatic ring is 1. The second-order valence-electron chi connectivity index (χ2n) is 16.8. The van der Waals surface area contributed by atoms with E-state index in [1.54, 1.807) is 6.08 Å². The number of esters is 2. The first-order valence-electron chi connectivity index (χ1n) is 24.7. The second kappa shape index (κ2) is 37.6. The highest BCUT2D eigenvalue weighted by atomic mass is 31.3. The summed E-state index contributed by atoms with van der Waals surface area (Å²) in [7, 11) is -10.9. The van der Waals surface area contributed by atoms with E-state index in [1.165, 1.54) is 25.3 Å². The molecule has 1 aromatic heterocycles. The van der Waals surface area contributed by atoms with Crippen molar-refractivity contribution in [2.75, 3.05) is 25.6 Å². The van der Waals surface area contributed by atoms with Crippen molar-refractivity contribution in [1.82, 2.24) is 9.55 Å². The molecule has 8 atom stereocenters. The van der Waals surface area contributed by atoms with Crippen LogP contribution in [0, 0.1) is 0 Å². The molecular weight excluding hydrogens is 961 g/mol. The Kier molecular flexibility index (Phi) is 33.4. The molecule has 0 aliphatic carbocycles. The number of phosphoric acid groups is 2. The van der Waals surface area contributed by atoms with Gasteiger partial charge in [0.15, 0.2) is 12.3 Å². The van der Waals surface area contributed by atoms with E-state index in [2.05, 4.69) is 40.5 Å². The number of rotatable bonds is 39. The summed E-state index contributed by atoms with van der Waals surface area (Å²) in [5, 5.41) is 30.7. The molecule has 400 valence electrons. The number of nitrogens with two attached hydrogens (primary N) is 1. The Morgan fingerprint density at radius 3 is 2.03 bits per heavy atom. The highest BCUT2D eigenvalue weighted by Crippen LogP contribution is 2.60. The normalized spacial score (nSPS) is 20.3. The lowest BCUT2D eigenvalue weighted by Crippen LogP contribution is -2.36. The molecule has 7 N–H and O–H groups in total. The first-order valence-corrected chi connectivity index (χ1v) is 27.7. The lowest BCUT2D eigenvalue weighted by molar-refractivity contribution is -0.161. The van der Waals surface area contributed by atoms with Crippen LogP contribution in [0.1, 0.15) is 142 Å². The zero-order valence-corrected chi connectivity index (χ0v) is 43.1. The van der Waals surface area contributed by atoms with Crippen molar-refractivity contribution in [1.29, 1.82) is 0 Å². The average Bonchev–Trinajstić information content (AvgIpc) is 3.60. The van der Waals surface area contributed by atoms with Gasteiger partial charge in [0, 0.05) is 19.0 Å². The van der Waals surface area contributed by atoms with E-state index in [4.69, 9.17) is 29.0 Å². The molecule has 21 heteroatoms. The number of aliphatic hydroxyl groups excluding tert-OH is 3. The number of phosphoric ester groups is 2. The van der Waals surface area contributed by atoms with Crippen LogP contribution in [0.2, 0.25) is 0 Å². The number of aliphatic hydroxyl groups is 3. The maximum absolute atomic E-state index is 12.8. The van der Waals surface area contributed by atoms with Crippen LogP contribution in [0.3, 0.4) is 0 Å². The Hall–Kier alpha value is -4.10. The Labute approximate surface area is 419 Å². The van der Waals surface area contributed by atoms with Gasteiger partial charge < -0.3 is 45.1 Å². The molecule has 1 saturated heterocycles. The van der Waals surface area contributed by atoms with Gasteiger partial charge in [-0.2, -0.15) is 9.29 Å². The van der Waals surface area contributed by atoms with Crippen molar-refractivity contribution < 1.29 is 71.4 Å². The summed E-state index contributed by atoms with van der Waals surface area (Å²) >= 11 is 0. The van der Waals surface area contributed by atoms with Crippen LogP contribution >= 0.6 is 15.6 Å². The summed E-state index contributed by atoms with van der Waals surface area (Å²) < 4.78 is 56.6. The van der Waals surface area contributed by atoms with E-state index in [0.717, 1.165) is 68.6 Å². The van der Waals surface area contributed by atoms with E-state index in [0.29, 0.717) is 32.1 Å². The van der Waals surface area contributed by atoms with Crippen LogP contribution in [-0.2, 0) is 46.3 Å². The van der Waals surface area contributed by atoms with Crippen LogP contribution in [0.15, 0.2) is 102 Å². The van der Waals surface area contributed by atoms with Gasteiger partial charge in [0.05, 0.1) is 19.3 Å². The maximum Gasteiger partial charge on any atom is 0.481 e. The van der Waals surface area contributed by atoms with Crippen molar-refractivity contribution in [3.8, 4) is 0 Å². The van der Waals surface area contributed by atoms with Crippen LogP contribution in [0.5, 0.6) is 0 Å². The van der Waals surface area contributed by atoms with E-state index >= 15 is 0 Å². The summed E-state index contributed by atoms with van der Waals surface area (Å²) in [6.07, 6.45) is 35.8. The largest absolute Gasteiger partial charge is 0.481 e. The van der Waals surface area contributed by atoms with Crippen molar-refractivity contribution in [2.24, 2.45) is 0 Å². The Bertz CT molecular complexity index is 2040. The first-order chi connectivity index (χ1) is 34.1. The average molecular weight is 1040 g/mol. The van der Waals surface area contributed by atoms with E-state index in [-0.39, 0.29) is 18.7 Å². The predicted molar refractivity (Wildman–Crippen MR) is 271 cm³/mol. The van der Waals surface area contributed by atoms with Crippen LogP contribution in [-0.4, -0.2) is 96.9 Å². The molecule has 0 radical (unpaired) electrons. The van der Waals surface area contributed by atoms with Crippen molar-refractivity contribution in [2.45, 2.75) is 173 Å². The standard InChI is InChI=1S/C50H79N3O16P2/c1-3-5-7-8-9-10-11-12-13-14-19-22-25-28-31-35-46(56)67-42(38-64-45(55)34-30-27-24-21-18-16-15-17-20-23-26-29-33-41(54)32-6-4-2)39-65-70(60,61)69-71(62,63)66-40-43-47(57)48(58)49(68-43)53-37-36-44(51)52-50(53)59/h6,9-10,12-13,15-16,20-21,23-24,26,29,32,36-37,41-43,47-49,54,57-58H,3-5,7-8,11,14,17-19,22,25,27-28,30-31,33-35,38-40H2,1-2H3,(H,60,61)(H,62,63)(H2,51,52,59)/b10-9-,13-12-,16-15-,23-20-,24-21-,29-26+,32-6-/t41?,42-,43-,47-,48-,49-/m1/s1. The number of carbonyl (C=O) groups excluding carboxylic acids is 2. The minimum Gasteiger partial charge on any atom is -0.462 e. The number of hydrogen-bond acceptors (Lipinski definition) is 16. The third-order valence-corrected chi connectivity index (χ3v) is 13.1. The van der Waals surface area contributed by atoms with Gasteiger partial charge in [0.25, 0.3) is 0 Å². The summed E-state index contributed by atoms with van der Waals surface area (Å²) in [6, 6.07) is 1.24. The minimum atomic E-state index is -5.45. The molecule has 0 amide bonds. The Morgan fingerprint density at radius 1 is 0.761 bits per heavy atom. The molecule has 2 heterocycles. The molecule has 71 heavy (non-hydrogen) atoms. The number of ether oxygens (including phenoxy) is 3. The molecular formula is C50H79N3O16P2. The molecule has 1 aromatic rings. The fourth-order valence-corrected chi connectivity index (χ4v) is 8.80. The lowest BCUT2D eigenvalue weighted by Gasteiger charge is -2.21. The molecule has 2 rings (SSSR count). The van der Waals surface area contributed by atoms with Crippen molar-refractivity contribution >= 4 is 33.4 Å². The van der Waals surface area contributed by atoms with Crippen LogP contribution < -0.4 is 11.4 Å². The fourth-order valence-electron chi connectivity index (χ4n) is 6.69. The summed E-state index contributed by atoms with van der Waals surface area (Å²) in [4.78, 5) is 61.8. The molecule has 1 aliphatic heterocycles. The molecule has 0 aromatic carbocycles. The topological polar surface area (TPSA) is 286 Å². The molecule has 0 saturated carbocycles. The number of hydrogen-bond donors (Lipinski definition) is 6. The van der Waals surface area contributed by atoms with Gasteiger partial charge in [-0.1, -0.05) is 131 Å². The zero-order chi connectivity index (χ0) is 52.2. The van der Waals surface area contributed by atoms with Crippen LogP contribution in [0.4, 0.5) is 5.82 Å². The third kappa shape index (κ3) is 30.5. The highest BCUT2D eigenvalue weighted by molar-refractivity contribution is 7.61. The van der Waals surface area contributed by atoms with Crippen LogP contribution in [0.25, 0.3) is 0 Å². The molecule has 0 bridgehead atoms. The summed E-state index contributed by atoms with van der Waals surface area (Å²) in [5.41, 5.74) is 4.57. The zero-order valence-electron chi connectivity index (χ0n) is 41.4. The number of allylic oxidation sites excluding steroid dienone is 12. The molecule has 19 nitrogen and oxygen atoms in total. The van der Waals surface area contributed by atoms with Gasteiger partial charge >= 0.3 is 33.3 Å². The van der Waals surface area contributed by atoms with Gasteiger partial charge in [-0.05, 0) is 83.1 Å². The van der Waals surface area contributed by atoms with Gasteiger partial charge in [0.2, 0.25) is 0 Å². The molecule has 0 spiro atoms. The molecule has 3 unspecified atom stereocenters. The summed E-state index contributed by atoms with van der Waals surface area (Å²) in [5.74, 6) is -1.42. The van der Waals surface area contributed by atoms with Crippen molar-refractivity contribution in [3.63, 3.8) is 0 Å². The highest BCUT2D eigenvalue weighted by Gasteiger charge is 2.46. The van der Waals surface area contributed by atoms with E-state index in [1.807, 2.05) is 61.6 Å². The van der Waals surface area contributed by atoms with Gasteiger partial charge in [0.1, 0.15) is 30.7 Å². The van der Waals surface area contributed by atoms with Crippen molar-refractivity contribution in [3.05, 3.63) is 108 Å². The number of aromatic nitrogens is 2. The maximum atomic E-state index is 12.8. The monoisotopic (exact) mass is 1040 g/mol. The Balaban J connectivity index is 1.85. The minimum absolute atomic E-state index is 0.00872. The number of anilines is 1. The summed E-state index contributed by atoms with van der Waals surface area (Å²) in [6.45, 7) is 1.80. The quantitative estimate of drug-likeness (QED) is 0.0118. The SMILES string of the molecule is CC/C=C\C(O)C/C=C/C=C\C/C=C\C/C=C\CCCC(=O)OC[C@H](COP(=O)(O)OP(=O)(O)OC[C@H]1O[C@@H](n2ccc(N)nc2=O)[C@H](O)[C@@H]1O)OC(=O)CCCCCCC/C=C\C/C=C\CCCCC. The third-order valence-electron chi connectivity index (χ3n) is 10.5. The molecule has 1 fully saturated rings. The van der Waals surface area contributed by atoms with Gasteiger partial charge in [-0.25, -0.2) is 13.9 Å². The smallest absolute Gasteiger partial charge is 0.462 e. The second-order valence-corrected chi connectivity index (χ2v) is 19.8. The number of unbranched alkanes of at least 4 members (excludes halogenated alkanes) is 9. The van der Waals surface area contributed by atoms with Gasteiger partial charge in [-0.15, -0.1) is 0 Å².